The number of pyridine rings is 1. The van der Waals surface area contributed by atoms with E-state index in [9.17, 15) is 4.79 Å². The molecule has 1 N–H and O–H groups in total. The van der Waals surface area contributed by atoms with Crippen molar-refractivity contribution >= 4 is 5.91 Å². The average molecular weight is 397 g/mol. The largest absolute Gasteiger partial charge is 0.355 e. The fraction of sp³-hybridized carbons (Fsp3) is 0.160. The summed E-state index contributed by atoms with van der Waals surface area (Å²) in [6, 6.07) is 24.3. The monoisotopic (exact) mass is 397 g/mol. The maximum atomic E-state index is 12.9. The highest BCUT2D eigenvalue weighted by Crippen LogP contribution is 2.28. The SMILES string of the molecule is Cc1noc(-c2ccncc2)c1C(=O)NCCC(c1ccccc1)c1ccccc1. The van der Waals surface area contributed by atoms with Crippen LogP contribution in [0.15, 0.2) is 89.7 Å². The van der Waals surface area contributed by atoms with Gasteiger partial charge in [0.15, 0.2) is 5.76 Å². The molecule has 0 saturated carbocycles. The van der Waals surface area contributed by atoms with Crippen LogP contribution < -0.4 is 5.32 Å². The molecule has 150 valence electrons. The summed E-state index contributed by atoms with van der Waals surface area (Å²) in [5, 5.41) is 7.05. The molecule has 5 heteroatoms. The summed E-state index contributed by atoms with van der Waals surface area (Å²) in [6.07, 6.45) is 4.12. The van der Waals surface area contributed by atoms with Crippen LogP contribution in [0.2, 0.25) is 0 Å². The molecule has 0 fully saturated rings. The van der Waals surface area contributed by atoms with Crippen LogP contribution in [0.5, 0.6) is 0 Å². The van der Waals surface area contributed by atoms with Gasteiger partial charge in [-0.1, -0.05) is 65.8 Å². The Kier molecular flexibility index (Phi) is 5.99. The van der Waals surface area contributed by atoms with E-state index < -0.39 is 0 Å². The van der Waals surface area contributed by atoms with Crippen LogP contribution in [0.3, 0.4) is 0 Å². The Labute approximate surface area is 175 Å². The standard InChI is InChI=1S/C25H23N3O2/c1-18-23(24(30-28-18)21-12-15-26-16-13-21)25(29)27-17-14-22(19-8-4-2-5-9-19)20-10-6-3-7-11-20/h2-13,15-16,22H,14,17H2,1H3,(H,27,29). The van der Waals surface area contributed by atoms with Gasteiger partial charge in [0.25, 0.3) is 5.91 Å². The molecule has 2 aromatic carbocycles. The van der Waals surface area contributed by atoms with Gasteiger partial charge in [-0.3, -0.25) is 9.78 Å². The van der Waals surface area contributed by atoms with Crippen molar-refractivity contribution in [2.75, 3.05) is 6.54 Å². The first-order valence-corrected chi connectivity index (χ1v) is 9.99. The van der Waals surface area contributed by atoms with E-state index >= 15 is 0 Å². The van der Waals surface area contributed by atoms with Gasteiger partial charge >= 0.3 is 0 Å². The van der Waals surface area contributed by atoms with Crippen molar-refractivity contribution in [1.82, 2.24) is 15.5 Å². The summed E-state index contributed by atoms with van der Waals surface area (Å²) in [5.41, 5.74) is 4.29. The third-order valence-corrected chi connectivity index (χ3v) is 5.15. The molecule has 0 radical (unpaired) electrons. The summed E-state index contributed by atoms with van der Waals surface area (Å²) in [6.45, 7) is 2.31. The lowest BCUT2D eigenvalue weighted by atomic mass is 9.88. The van der Waals surface area contributed by atoms with Crippen molar-refractivity contribution < 1.29 is 9.32 Å². The first-order chi connectivity index (χ1) is 14.7. The van der Waals surface area contributed by atoms with Crippen molar-refractivity contribution in [2.24, 2.45) is 0 Å². The molecular formula is C25H23N3O2. The summed E-state index contributed by atoms with van der Waals surface area (Å²) in [5.74, 6) is 0.492. The van der Waals surface area contributed by atoms with Gasteiger partial charge in [-0.15, -0.1) is 0 Å². The predicted octanol–water partition coefficient (Wildman–Crippen LogP) is 5.00. The minimum Gasteiger partial charge on any atom is -0.355 e. The Morgan fingerprint density at radius 1 is 0.933 bits per heavy atom. The number of carbonyl (C=O) groups is 1. The topological polar surface area (TPSA) is 68.0 Å². The van der Waals surface area contributed by atoms with E-state index in [1.807, 2.05) is 36.4 Å². The molecule has 0 bridgehead atoms. The van der Waals surface area contributed by atoms with Gasteiger partial charge in [0.2, 0.25) is 0 Å². The average Bonchev–Trinajstić information content (AvgIpc) is 3.20. The van der Waals surface area contributed by atoms with E-state index in [0.717, 1.165) is 12.0 Å². The zero-order chi connectivity index (χ0) is 20.8. The quantitative estimate of drug-likeness (QED) is 0.477. The maximum absolute atomic E-state index is 12.9. The highest BCUT2D eigenvalue weighted by molar-refractivity contribution is 6.00. The summed E-state index contributed by atoms with van der Waals surface area (Å²) < 4.78 is 5.43. The second-order valence-electron chi connectivity index (χ2n) is 7.13. The van der Waals surface area contributed by atoms with Crippen molar-refractivity contribution in [1.29, 1.82) is 0 Å². The number of amides is 1. The van der Waals surface area contributed by atoms with E-state index in [2.05, 4.69) is 39.7 Å². The minimum atomic E-state index is -0.180. The Morgan fingerprint density at radius 3 is 2.13 bits per heavy atom. The molecule has 1 amide bonds. The Bertz CT molecular complexity index is 1050. The van der Waals surface area contributed by atoms with Crippen LogP contribution in [-0.4, -0.2) is 22.6 Å². The molecule has 0 aliphatic carbocycles. The predicted molar refractivity (Wildman–Crippen MR) is 116 cm³/mol. The highest BCUT2D eigenvalue weighted by Gasteiger charge is 2.22. The van der Waals surface area contributed by atoms with Gasteiger partial charge < -0.3 is 9.84 Å². The lowest BCUT2D eigenvalue weighted by molar-refractivity contribution is 0.0952. The van der Waals surface area contributed by atoms with Crippen LogP contribution in [0.4, 0.5) is 0 Å². The van der Waals surface area contributed by atoms with E-state index in [4.69, 9.17) is 4.52 Å². The molecule has 0 unspecified atom stereocenters. The molecule has 2 heterocycles. The van der Waals surface area contributed by atoms with Crippen LogP contribution >= 0.6 is 0 Å². The van der Waals surface area contributed by atoms with Gasteiger partial charge in [0, 0.05) is 30.4 Å². The molecular weight excluding hydrogens is 374 g/mol. The first-order valence-electron chi connectivity index (χ1n) is 9.99. The van der Waals surface area contributed by atoms with E-state index in [1.165, 1.54) is 11.1 Å². The number of aryl methyl sites for hydroxylation is 1. The molecule has 0 saturated heterocycles. The molecule has 2 aromatic heterocycles. The third kappa shape index (κ3) is 4.30. The van der Waals surface area contributed by atoms with Crippen molar-refractivity contribution in [3.8, 4) is 11.3 Å². The fourth-order valence-electron chi connectivity index (χ4n) is 3.65. The lowest BCUT2D eigenvalue weighted by Crippen LogP contribution is -2.26. The molecule has 5 nitrogen and oxygen atoms in total. The molecule has 0 atom stereocenters. The highest BCUT2D eigenvalue weighted by atomic mass is 16.5. The van der Waals surface area contributed by atoms with Gasteiger partial charge in [-0.2, -0.15) is 0 Å². The second-order valence-corrected chi connectivity index (χ2v) is 7.13. The number of aromatic nitrogens is 2. The number of carbonyl (C=O) groups excluding carboxylic acids is 1. The maximum Gasteiger partial charge on any atom is 0.257 e. The number of nitrogens with one attached hydrogen (secondary N) is 1. The Morgan fingerprint density at radius 2 is 1.53 bits per heavy atom. The zero-order valence-electron chi connectivity index (χ0n) is 16.8. The lowest BCUT2D eigenvalue weighted by Gasteiger charge is -2.18. The number of benzene rings is 2. The molecule has 0 aliphatic rings. The first kappa shape index (κ1) is 19.6. The number of hydrogen-bond donors (Lipinski definition) is 1. The van der Waals surface area contributed by atoms with Crippen LogP contribution in [0.1, 0.15) is 39.5 Å². The van der Waals surface area contributed by atoms with Gasteiger partial charge in [-0.25, -0.2) is 0 Å². The van der Waals surface area contributed by atoms with Gasteiger partial charge in [0.05, 0.1) is 5.69 Å². The number of rotatable bonds is 7. The van der Waals surface area contributed by atoms with E-state index in [1.54, 1.807) is 31.5 Å². The molecule has 0 aliphatic heterocycles. The summed E-state index contributed by atoms with van der Waals surface area (Å²) in [4.78, 5) is 17.0. The fourth-order valence-corrected chi connectivity index (χ4v) is 3.65. The number of hydrogen-bond acceptors (Lipinski definition) is 4. The number of nitrogens with zero attached hydrogens (tertiary/aromatic N) is 2. The van der Waals surface area contributed by atoms with Crippen molar-refractivity contribution in [3.63, 3.8) is 0 Å². The summed E-state index contributed by atoms with van der Waals surface area (Å²) in [7, 11) is 0. The third-order valence-electron chi connectivity index (χ3n) is 5.15. The van der Waals surface area contributed by atoms with Crippen LogP contribution in [0.25, 0.3) is 11.3 Å². The molecule has 4 rings (SSSR count). The normalized spacial score (nSPS) is 10.9. The molecule has 0 spiro atoms. The molecule has 4 aromatic rings. The minimum absolute atomic E-state index is 0.180. The van der Waals surface area contributed by atoms with Crippen LogP contribution in [-0.2, 0) is 0 Å². The van der Waals surface area contributed by atoms with E-state index in [-0.39, 0.29) is 11.8 Å². The second kappa shape index (κ2) is 9.18. The summed E-state index contributed by atoms with van der Waals surface area (Å²) >= 11 is 0. The zero-order valence-corrected chi connectivity index (χ0v) is 16.8. The van der Waals surface area contributed by atoms with Gasteiger partial charge in [0.1, 0.15) is 5.56 Å². The van der Waals surface area contributed by atoms with E-state index in [0.29, 0.717) is 23.6 Å². The Balaban J connectivity index is 1.49. The Hall–Kier alpha value is -3.73. The van der Waals surface area contributed by atoms with Crippen molar-refractivity contribution in [2.45, 2.75) is 19.3 Å². The van der Waals surface area contributed by atoms with Crippen LogP contribution in [0, 0.1) is 6.92 Å². The smallest absolute Gasteiger partial charge is 0.257 e. The molecule has 30 heavy (non-hydrogen) atoms. The van der Waals surface area contributed by atoms with Crippen molar-refractivity contribution in [3.05, 3.63) is 108 Å². The van der Waals surface area contributed by atoms with Gasteiger partial charge in [-0.05, 0) is 36.6 Å².